The third kappa shape index (κ3) is 5.02. The second kappa shape index (κ2) is 9.73. The first-order valence-corrected chi connectivity index (χ1v) is 10.9. The first-order chi connectivity index (χ1) is 15.5. The van der Waals surface area contributed by atoms with E-state index in [1.165, 1.54) is 0 Å². The first kappa shape index (κ1) is 21.7. The quantitative estimate of drug-likeness (QED) is 0.420. The Morgan fingerprint density at radius 3 is 2.59 bits per heavy atom. The van der Waals surface area contributed by atoms with Gasteiger partial charge in [0.1, 0.15) is 12.4 Å². The highest BCUT2D eigenvalue weighted by Gasteiger charge is 2.35. The van der Waals surface area contributed by atoms with Crippen LogP contribution in [0.2, 0.25) is 5.02 Å². The molecule has 3 aromatic rings. The van der Waals surface area contributed by atoms with Crippen molar-refractivity contribution in [3.05, 3.63) is 105 Å². The summed E-state index contributed by atoms with van der Waals surface area (Å²) in [5.74, 6) is 0.274. The third-order valence-corrected chi connectivity index (χ3v) is 5.97. The highest BCUT2D eigenvalue weighted by Crippen LogP contribution is 2.34. The molecule has 5 nitrogen and oxygen atoms in total. The van der Waals surface area contributed by atoms with Crippen molar-refractivity contribution in [1.82, 2.24) is 4.90 Å². The molecule has 3 aromatic carbocycles. The van der Waals surface area contributed by atoms with Crippen molar-refractivity contribution in [2.75, 3.05) is 0 Å². The van der Waals surface area contributed by atoms with Gasteiger partial charge >= 0.3 is 0 Å². The summed E-state index contributed by atoms with van der Waals surface area (Å²) in [6.45, 7) is 0.450. The molecule has 7 heteroatoms. The zero-order chi connectivity index (χ0) is 22.5. The van der Waals surface area contributed by atoms with Crippen molar-refractivity contribution in [2.45, 2.75) is 13.2 Å². The van der Waals surface area contributed by atoms with Crippen molar-refractivity contribution in [3.63, 3.8) is 0 Å². The van der Waals surface area contributed by atoms with Crippen LogP contribution in [0, 0.1) is 11.3 Å². The summed E-state index contributed by atoms with van der Waals surface area (Å²) in [7, 11) is 0. The SMILES string of the molecule is N#Cc1ccccc1CN1C(=O)S/C(=C/c2cccc(OCc3ccc(Cl)cc3)c2)C1=O. The summed E-state index contributed by atoms with van der Waals surface area (Å²) in [4.78, 5) is 26.8. The van der Waals surface area contributed by atoms with E-state index in [4.69, 9.17) is 16.3 Å². The molecule has 32 heavy (non-hydrogen) atoms. The highest BCUT2D eigenvalue weighted by atomic mass is 35.5. The molecule has 158 valence electrons. The van der Waals surface area contributed by atoms with Crippen LogP contribution in [0.4, 0.5) is 4.79 Å². The van der Waals surface area contributed by atoms with Crippen LogP contribution in [0.15, 0.2) is 77.7 Å². The fraction of sp³-hybridized carbons (Fsp3) is 0.0800. The number of hydrogen-bond acceptors (Lipinski definition) is 5. The van der Waals surface area contributed by atoms with Crippen LogP contribution in [0.1, 0.15) is 22.3 Å². The van der Waals surface area contributed by atoms with Gasteiger partial charge in [0.25, 0.3) is 11.1 Å². The van der Waals surface area contributed by atoms with Crippen molar-refractivity contribution in [1.29, 1.82) is 5.26 Å². The Kier molecular flexibility index (Phi) is 6.60. The number of ether oxygens (including phenoxy) is 1. The van der Waals surface area contributed by atoms with Gasteiger partial charge in [0.2, 0.25) is 0 Å². The van der Waals surface area contributed by atoms with Crippen molar-refractivity contribution >= 4 is 40.6 Å². The molecule has 1 fully saturated rings. The fourth-order valence-electron chi connectivity index (χ4n) is 3.17. The maximum absolute atomic E-state index is 12.8. The number of nitrogens with zero attached hydrogens (tertiary/aromatic N) is 2. The number of thioether (sulfide) groups is 1. The van der Waals surface area contributed by atoms with E-state index in [0.717, 1.165) is 27.8 Å². The Hall–Kier alpha value is -3.53. The minimum absolute atomic E-state index is 0.0655. The van der Waals surface area contributed by atoms with Crippen LogP contribution in [-0.2, 0) is 17.9 Å². The lowest BCUT2D eigenvalue weighted by Crippen LogP contribution is -2.27. The van der Waals surface area contributed by atoms with E-state index in [1.54, 1.807) is 30.3 Å². The largest absolute Gasteiger partial charge is 0.489 e. The van der Waals surface area contributed by atoms with E-state index in [1.807, 2.05) is 48.5 Å². The van der Waals surface area contributed by atoms with E-state index in [2.05, 4.69) is 6.07 Å². The predicted molar refractivity (Wildman–Crippen MR) is 125 cm³/mol. The Morgan fingerprint density at radius 1 is 1.03 bits per heavy atom. The maximum Gasteiger partial charge on any atom is 0.293 e. The van der Waals surface area contributed by atoms with E-state index >= 15 is 0 Å². The molecular formula is C25H17ClN2O3S. The Morgan fingerprint density at radius 2 is 1.81 bits per heavy atom. The number of benzene rings is 3. The molecule has 0 radical (unpaired) electrons. The lowest BCUT2D eigenvalue weighted by Gasteiger charge is -2.13. The van der Waals surface area contributed by atoms with Gasteiger partial charge in [0, 0.05) is 5.02 Å². The molecule has 1 saturated heterocycles. The predicted octanol–water partition coefficient (Wildman–Crippen LogP) is 6.03. The number of rotatable bonds is 6. The minimum atomic E-state index is -0.375. The van der Waals surface area contributed by atoms with Crippen molar-refractivity contribution in [2.24, 2.45) is 0 Å². The molecule has 0 N–H and O–H groups in total. The lowest BCUT2D eigenvalue weighted by molar-refractivity contribution is -0.123. The molecule has 0 aliphatic carbocycles. The molecule has 0 spiro atoms. The number of hydrogen-bond donors (Lipinski definition) is 0. The average Bonchev–Trinajstić information content (AvgIpc) is 3.06. The molecule has 1 aliphatic rings. The van der Waals surface area contributed by atoms with E-state index in [9.17, 15) is 14.9 Å². The second-order valence-electron chi connectivity index (χ2n) is 7.02. The van der Waals surface area contributed by atoms with E-state index in [0.29, 0.717) is 33.4 Å². The fourth-order valence-corrected chi connectivity index (χ4v) is 4.13. The molecule has 0 saturated carbocycles. The van der Waals surface area contributed by atoms with Gasteiger partial charge in [-0.15, -0.1) is 0 Å². The van der Waals surface area contributed by atoms with E-state index < -0.39 is 0 Å². The van der Waals surface area contributed by atoms with Gasteiger partial charge in [0.05, 0.1) is 23.1 Å². The van der Waals surface area contributed by atoms with Crippen LogP contribution < -0.4 is 4.74 Å². The first-order valence-electron chi connectivity index (χ1n) is 9.74. The van der Waals surface area contributed by atoms with Gasteiger partial charge < -0.3 is 4.74 Å². The summed E-state index contributed by atoms with van der Waals surface area (Å²) in [6, 6.07) is 23.7. The average molecular weight is 461 g/mol. The monoisotopic (exact) mass is 460 g/mol. The molecule has 0 unspecified atom stereocenters. The molecule has 2 amide bonds. The number of halogens is 1. The lowest BCUT2D eigenvalue weighted by atomic mass is 10.1. The molecule has 4 rings (SSSR count). The normalized spacial score (nSPS) is 14.6. The zero-order valence-electron chi connectivity index (χ0n) is 16.8. The topological polar surface area (TPSA) is 70.4 Å². The van der Waals surface area contributed by atoms with Gasteiger partial charge in [-0.3, -0.25) is 14.5 Å². The van der Waals surface area contributed by atoms with E-state index in [-0.39, 0.29) is 17.7 Å². The van der Waals surface area contributed by atoms with Gasteiger partial charge in [-0.1, -0.05) is 54.1 Å². The smallest absolute Gasteiger partial charge is 0.293 e. The number of amides is 2. The standard InChI is InChI=1S/C25H17ClN2O3S/c26-21-10-8-17(9-11-21)16-31-22-7-3-4-18(12-22)13-23-24(29)28(25(30)32-23)15-20-6-2-1-5-19(20)14-27/h1-13H,15-16H2/b23-13+. The Balaban J connectivity index is 1.47. The van der Waals surface area contributed by atoms with Crippen molar-refractivity contribution < 1.29 is 14.3 Å². The summed E-state index contributed by atoms with van der Waals surface area (Å²) in [5, 5.41) is 9.56. The summed E-state index contributed by atoms with van der Waals surface area (Å²) < 4.78 is 5.84. The zero-order valence-corrected chi connectivity index (χ0v) is 18.4. The Labute approximate surface area is 194 Å². The molecule has 1 heterocycles. The van der Waals surface area contributed by atoms with Crippen LogP contribution in [0.5, 0.6) is 5.75 Å². The van der Waals surface area contributed by atoms with Gasteiger partial charge in [0.15, 0.2) is 0 Å². The van der Waals surface area contributed by atoms with Crippen molar-refractivity contribution in [3.8, 4) is 11.8 Å². The second-order valence-corrected chi connectivity index (χ2v) is 8.45. The van der Waals surface area contributed by atoms with Crippen LogP contribution >= 0.6 is 23.4 Å². The van der Waals surface area contributed by atoms with Gasteiger partial charge in [-0.05, 0) is 64.9 Å². The molecular weight excluding hydrogens is 444 g/mol. The number of carbonyl (C=O) groups is 2. The summed E-state index contributed by atoms with van der Waals surface area (Å²) >= 11 is 6.79. The molecule has 0 aromatic heterocycles. The van der Waals surface area contributed by atoms with Crippen LogP contribution in [-0.4, -0.2) is 16.0 Å². The highest BCUT2D eigenvalue weighted by molar-refractivity contribution is 8.18. The van der Waals surface area contributed by atoms with Gasteiger partial charge in [-0.2, -0.15) is 5.26 Å². The van der Waals surface area contributed by atoms with Crippen LogP contribution in [0.25, 0.3) is 6.08 Å². The van der Waals surface area contributed by atoms with Crippen LogP contribution in [0.3, 0.4) is 0 Å². The number of carbonyl (C=O) groups excluding carboxylic acids is 2. The molecule has 0 atom stereocenters. The third-order valence-electron chi connectivity index (χ3n) is 4.81. The summed E-state index contributed by atoms with van der Waals surface area (Å²) in [5.41, 5.74) is 2.82. The summed E-state index contributed by atoms with van der Waals surface area (Å²) in [6.07, 6.45) is 1.68. The molecule has 1 aliphatic heterocycles. The maximum atomic E-state index is 12.8. The van der Waals surface area contributed by atoms with Gasteiger partial charge in [-0.25, -0.2) is 0 Å². The number of imide groups is 1. The minimum Gasteiger partial charge on any atom is -0.489 e. The molecule has 0 bridgehead atoms. The Bertz CT molecular complexity index is 1250. The number of nitriles is 1.